The Morgan fingerprint density at radius 1 is 1.22 bits per heavy atom. The number of carbonyl (C=O) groups is 1. The molecule has 0 aromatic heterocycles. The molecule has 0 amide bonds. The molecule has 2 saturated carbocycles. The van der Waals surface area contributed by atoms with Crippen LogP contribution in [0.25, 0.3) is 0 Å². The van der Waals surface area contributed by atoms with Gasteiger partial charge in [0.25, 0.3) is 0 Å². The molecule has 0 aromatic rings. The fourth-order valence-corrected chi connectivity index (χ4v) is 4.57. The predicted octanol–water partition coefficient (Wildman–Crippen LogP) is 2.61. The summed E-state index contributed by atoms with van der Waals surface area (Å²) in [5.41, 5.74) is 0. The first-order valence-corrected chi connectivity index (χ1v) is 7.65. The van der Waals surface area contributed by atoms with Gasteiger partial charge in [0, 0.05) is 19.5 Å². The average molecular weight is 251 g/mol. The molecule has 3 aliphatic rings. The molecule has 102 valence electrons. The smallest absolute Gasteiger partial charge is 0.303 e. The highest BCUT2D eigenvalue weighted by atomic mass is 16.4. The van der Waals surface area contributed by atoms with Crippen molar-refractivity contribution in [3.63, 3.8) is 0 Å². The van der Waals surface area contributed by atoms with Crippen molar-refractivity contribution in [2.24, 2.45) is 23.7 Å². The molecular weight excluding hydrogens is 226 g/mol. The van der Waals surface area contributed by atoms with Crippen LogP contribution in [0.3, 0.4) is 0 Å². The van der Waals surface area contributed by atoms with E-state index in [2.05, 4.69) is 4.90 Å². The Morgan fingerprint density at radius 2 is 2.11 bits per heavy atom. The SMILES string of the molecule is O=C(O)CCC1CCN(CC2CC3CCC2C3)C1. The molecule has 1 saturated heterocycles. The van der Waals surface area contributed by atoms with E-state index in [4.69, 9.17) is 5.11 Å². The van der Waals surface area contributed by atoms with Crippen LogP contribution in [0.1, 0.15) is 44.9 Å². The van der Waals surface area contributed by atoms with Crippen LogP contribution in [0.5, 0.6) is 0 Å². The van der Waals surface area contributed by atoms with E-state index in [1.54, 1.807) is 0 Å². The molecule has 1 aliphatic heterocycles. The number of rotatable bonds is 5. The third-order valence-electron chi connectivity index (χ3n) is 5.51. The predicted molar refractivity (Wildman–Crippen MR) is 70.4 cm³/mol. The van der Waals surface area contributed by atoms with Crippen LogP contribution in [-0.4, -0.2) is 35.6 Å². The molecular formula is C15H25NO2. The molecule has 1 heterocycles. The van der Waals surface area contributed by atoms with Crippen LogP contribution in [0.15, 0.2) is 0 Å². The van der Waals surface area contributed by atoms with E-state index in [0.29, 0.717) is 12.3 Å². The zero-order valence-corrected chi connectivity index (χ0v) is 11.2. The highest BCUT2D eigenvalue weighted by Crippen LogP contribution is 2.48. The number of likely N-dealkylation sites (tertiary alicyclic amines) is 1. The minimum absolute atomic E-state index is 0.354. The van der Waals surface area contributed by atoms with Gasteiger partial charge >= 0.3 is 5.97 Å². The normalized spacial score (nSPS) is 39.6. The van der Waals surface area contributed by atoms with Gasteiger partial charge < -0.3 is 10.0 Å². The molecule has 18 heavy (non-hydrogen) atoms. The number of hydrogen-bond donors (Lipinski definition) is 1. The van der Waals surface area contributed by atoms with Gasteiger partial charge in [-0.3, -0.25) is 4.79 Å². The van der Waals surface area contributed by atoms with Crippen LogP contribution in [0, 0.1) is 23.7 Å². The first kappa shape index (κ1) is 12.5. The maximum absolute atomic E-state index is 10.6. The van der Waals surface area contributed by atoms with E-state index in [-0.39, 0.29) is 0 Å². The summed E-state index contributed by atoms with van der Waals surface area (Å²) in [4.78, 5) is 13.2. The molecule has 0 aromatic carbocycles. The minimum Gasteiger partial charge on any atom is -0.481 e. The van der Waals surface area contributed by atoms with Crippen molar-refractivity contribution in [3.8, 4) is 0 Å². The third-order valence-corrected chi connectivity index (χ3v) is 5.51. The topological polar surface area (TPSA) is 40.5 Å². The first-order valence-electron chi connectivity index (χ1n) is 7.65. The van der Waals surface area contributed by atoms with Gasteiger partial charge in [-0.2, -0.15) is 0 Å². The first-order chi connectivity index (χ1) is 8.70. The number of aliphatic carboxylic acids is 1. The summed E-state index contributed by atoms with van der Waals surface area (Å²) in [6, 6.07) is 0. The summed E-state index contributed by atoms with van der Waals surface area (Å²) >= 11 is 0. The van der Waals surface area contributed by atoms with Crippen molar-refractivity contribution in [1.82, 2.24) is 4.90 Å². The lowest BCUT2D eigenvalue weighted by molar-refractivity contribution is -0.137. The Labute approximate surface area is 110 Å². The van der Waals surface area contributed by atoms with E-state index < -0.39 is 5.97 Å². The number of hydrogen-bond acceptors (Lipinski definition) is 2. The van der Waals surface area contributed by atoms with E-state index in [1.165, 1.54) is 45.2 Å². The molecule has 4 unspecified atom stereocenters. The molecule has 3 fully saturated rings. The highest BCUT2D eigenvalue weighted by molar-refractivity contribution is 5.66. The Bertz CT molecular complexity index is 318. The molecule has 0 spiro atoms. The van der Waals surface area contributed by atoms with Crippen LogP contribution in [0.2, 0.25) is 0 Å². The van der Waals surface area contributed by atoms with Gasteiger partial charge in [0.2, 0.25) is 0 Å². The lowest BCUT2D eigenvalue weighted by Crippen LogP contribution is -2.30. The van der Waals surface area contributed by atoms with Gasteiger partial charge in [-0.05, 0) is 62.3 Å². The lowest BCUT2D eigenvalue weighted by Gasteiger charge is -2.27. The van der Waals surface area contributed by atoms with Crippen LogP contribution in [0.4, 0.5) is 0 Å². The van der Waals surface area contributed by atoms with Gasteiger partial charge in [-0.15, -0.1) is 0 Å². The van der Waals surface area contributed by atoms with Crippen molar-refractivity contribution >= 4 is 5.97 Å². The standard InChI is InChI=1S/C15H25NO2/c17-15(18)4-2-11-5-6-16(9-11)10-14-8-12-1-3-13(14)7-12/h11-14H,1-10H2,(H,17,18). The fourth-order valence-electron chi connectivity index (χ4n) is 4.57. The third kappa shape index (κ3) is 2.71. The molecule has 0 radical (unpaired) electrons. The van der Waals surface area contributed by atoms with Gasteiger partial charge in [-0.25, -0.2) is 0 Å². The monoisotopic (exact) mass is 251 g/mol. The Balaban J connectivity index is 1.41. The van der Waals surface area contributed by atoms with Gasteiger partial charge in [0.15, 0.2) is 0 Å². The molecule has 2 bridgehead atoms. The number of carboxylic acid groups (broad SMARTS) is 1. The zero-order chi connectivity index (χ0) is 12.5. The molecule has 4 atom stereocenters. The van der Waals surface area contributed by atoms with Crippen LogP contribution in [-0.2, 0) is 4.79 Å². The fraction of sp³-hybridized carbons (Fsp3) is 0.933. The summed E-state index contributed by atoms with van der Waals surface area (Å²) in [5, 5.41) is 8.73. The summed E-state index contributed by atoms with van der Waals surface area (Å²) in [6.45, 7) is 3.66. The number of carboxylic acids is 1. The number of fused-ring (bicyclic) bond motifs is 2. The van der Waals surface area contributed by atoms with Crippen LogP contribution < -0.4 is 0 Å². The highest BCUT2D eigenvalue weighted by Gasteiger charge is 2.40. The Kier molecular flexibility index (Phi) is 3.60. The average Bonchev–Trinajstić information content (AvgIpc) is 3.02. The van der Waals surface area contributed by atoms with Crippen molar-refractivity contribution < 1.29 is 9.90 Å². The van der Waals surface area contributed by atoms with Crippen molar-refractivity contribution in [2.45, 2.75) is 44.9 Å². The second-order valence-corrected chi connectivity index (χ2v) is 6.78. The van der Waals surface area contributed by atoms with Gasteiger partial charge in [0.1, 0.15) is 0 Å². The Morgan fingerprint density at radius 3 is 2.78 bits per heavy atom. The second kappa shape index (κ2) is 5.20. The Hall–Kier alpha value is -0.570. The summed E-state index contributed by atoms with van der Waals surface area (Å²) in [5.74, 6) is 3.03. The van der Waals surface area contributed by atoms with E-state index in [9.17, 15) is 4.79 Å². The van der Waals surface area contributed by atoms with Crippen molar-refractivity contribution in [3.05, 3.63) is 0 Å². The molecule has 3 heteroatoms. The number of nitrogens with zero attached hydrogens (tertiary/aromatic N) is 1. The van der Waals surface area contributed by atoms with E-state index in [1.807, 2.05) is 0 Å². The van der Waals surface area contributed by atoms with Crippen molar-refractivity contribution in [2.75, 3.05) is 19.6 Å². The molecule has 2 aliphatic carbocycles. The summed E-state index contributed by atoms with van der Waals surface area (Å²) in [7, 11) is 0. The minimum atomic E-state index is -0.637. The van der Waals surface area contributed by atoms with Crippen LogP contribution >= 0.6 is 0 Å². The quantitative estimate of drug-likeness (QED) is 0.816. The summed E-state index contributed by atoms with van der Waals surface area (Å²) in [6.07, 6.45) is 8.39. The van der Waals surface area contributed by atoms with Gasteiger partial charge in [-0.1, -0.05) is 6.42 Å². The largest absolute Gasteiger partial charge is 0.481 e. The van der Waals surface area contributed by atoms with E-state index in [0.717, 1.165) is 30.7 Å². The summed E-state index contributed by atoms with van der Waals surface area (Å²) < 4.78 is 0. The second-order valence-electron chi connectivity index (χ2n) is 6.78. The molecule has 1 N–H and O–H groups in total. The van der Waals surface area contributed by atoms with E-state index >= 15 is 0 Å². The van der Waals surface area contributed by atoms with Crippen molar-refractivity contribution in [1.29, 1.82) is 0 Å². The lowest BCUT2D eigenvalue weighted by atomic mass is 9.88. The zero-order valence-electron chi connectivity index (χ0n) is 11.2. The molecule has 3 rings (SSSR count). The maximum atomic E-state index is 10.6. The van der Waals surface area contributed by atoms with Gasteiger partial charge in [0.05, 0.1) is 0 Å². The molecule has 3 nitrogen and oxygen atoms in total. The maximum Gasteiger partial charge on any atom is 0.303 e.